The molecule has 5 rings (SSSR count). The van der Waals surface area contributed by atoms with Crippen LogP contribution in [0, 0.1) is 0 Å². The van der Waals surface area contributed by atoms with Crippen molar-refractivity contribution in [3.05, 3.63) is 41.1 Å². The third kappa shape index (κ3) is 5.16. The quantitative estimate of drug-likeness (QED) is 0.441. The van der Waals surface area contributed by atoms with Crippen molar-refractivity contribution >= 4 is 34.6 Å². The van der Waals surface area contributed by atoms with Gasteiger partial charge in [-0.1, -0.05) is 18.2 Å². The molecule has 37 heavy (non-hydrogen) atoms. The van der Waals surface area contributed by atoms with Crippen LogP contribution in [0.15, 0.2) is 24.3 Å². The van der Waals surface area contributed by atoms with E-state index in [4.69, 9.17) is 4.98 Å². The van der Waals surface area contributed by atoms with Gasteiger partial charge in [0.25, 0.3) is 5.91 Å². The minimum absolute atomic E-state index is 0.107. The molecule has 0 unspecified atom stereocenters. The van der Waals surface area contributed by atoms with Crippen molar-refractivity contribution in [2.75, 3.05) is 19.6 Å². The zero-order chi connectivity index (χ0) is 25.9. The highest BCUT2D eigenvalue weighted by Gasteiger charge is 2.39. The molecule has 4 N–H and O–H groups in total. The molecule has 10 heteroatoms. The molecular formula is C27H33N5O5. The SMILES string of the molecule is O=C(NC[C@H](NC(=O)[C@H]1CCCN1C(=O)[C@H]1CCCN1)C(=O)O)c1c2c(nc3ccccc13)CCCC2. The van der Waals surface area contributed by atoms with Crippen LogP contribution < -0.4 is 16.0 Å². The first-order valence-corrected chi connectivity index (χ1v) is 13.2. The predicted molar refractivity (Wildman–Crippen MR) is 136 cm³/mol. The number of nitrogens with zero attached hydrogens (tertiary/aromatic N) is 2. The second kappa shape index (κ2) is 10.8. The highest BCUT2D eigenvalue weighted by atomic mass is 16.4. The smallest absolute Gasteiger partial charge is 0.328 e. The molecule has 3 amide bonds. The fraction of sp³-hybridized carbons (Fsp3) is 0.519. The highest BCUT2D eigenvalue weighted by molar-refractivity contribution is 6.08. The van der Waals surface area contributed by atoms with E-state index in [1.165, 1.54) is 0 Å². The van der Waals surface area contributed by atoms with E-state index in [1.807, 2.05) is 24.3 Å². The van der Waals surface area contributed by atoms with Crippen LogP contribution in [0.25, 0.3) is 10.9 Å². The number of likely N-dealkylation sites (tertiary alicyclic amines) is 1. The lowest BCUT2D eigenvalue weighted by Gasteiger charge is -2.28. The Morgan fingerprint density at radius 1 is 1.08 bits per heavy atom. The van der Waals surface area contributed by atoms with Gasteiger partial charge in [-0.3, -0.25) is 19.4 Å². The maximum atomic E-state index is 13.4. The van der Waals surface area contributed by atoms with E-state index >= 15 is 0 Å². The normalized spacial score (nSPS) is 21.9. The number of aromatic nitrogens is 1. The first kappa shape index (κ1) is 25.1. The molecule has 3 atom stereocenters. The number of carbonyl (C=O) groups excluding carboxylic acids is 3. The number of aliphatic carboxylic acids is 1. The largest absolute Gasteiger partial charge is 0.480 e. The van der Waals surface area contributed by atoms with Gasteiger partial charge in [-0.2, -0.15) is 0 Å². The molecule has 2 fully saturated rings. The molecule has 2 saturated heterocycles. The molecule has 3 heterocycles. The number of hydrogen-bond donors (Lipinski definition) is 4. The van der Waals surface area contributed by atoms with Crippen LogP contribution in [0.5, 0.6) is 0 Å². The van der Waals surface area contributed by atoms with Crippen molar-refractivity contribution in [3.8, 4) is 0 Å². The lowest BCUT2D eigenvalue weighted by molar-refractivity contribution is -0.144. The van der Waals surface area contributed by atoms with Gasteiger partial charge in [0.15, 0.2) is 0 Å². The fourth-order valence-corrected chi connectivity index (χ4v) is 5.78. The summed E-state index contributed by atoms with van der Waals surface area (Å²) in [7, 11) is 0. The molecule has 1 aromatic heterocycles. The van der Waals surface area contributed by atoms with Crippen LogP contribution in [0.1, 0.15) is 60.1 Å². The molecule has 0 radical (unpaired) electrons. The van der Waals surface area contributed by atoms with Crippen LogP contribution in [0.4, 0.5) is 0 Å². The number of carboxylic acids is 1. The fourth-order valence-electron chi connectivity index (χ4n) is 5.78. The minimum atomic E-state index is -1.32. The number of hydrogen-bond acceptors (Lipinski definition) is 6. The average Bonchev–Trinajstić information content (AvgIpc) is 3.61. The Balaban J connectivity index is 1.28. The maximum Gasteiger partial charge on any atom is 0.328 e. The molecular weight excluding hydrogens is 474 g/mol. The third-order valence-corrected chi connectivity index (χ3v) is 7.67. The number of nitrogens with one attached hydrogen (secondary N) is 3. The van der Waals surface area contributed by atoms with Crippen molar-refractivity contribution < 1.29 is 24.3 Å². The third-order valence-electron chi connectivity index (χ3n) is 7.67. The molecule has 1 aliphatic carbocycles. The van der Waals surface area contributed by atoms with Gasteiger partial charge < -0.3 is 26.0 Å². The van der Waals surface area contributed by atoms with E-state index in [-0.39, 0.29) is 24.4 Å². The summed E-state index contributed by atoms with van der Waals surface area (Å²) in [5.41, 5.74) is 3.10. The van der Waals surface area contributed by atoms with Gasteiger partial charge in [0.05, 0.1) is 17.1 Å². The summed E-state index contributed by atoms with van der Waals surface area (Å²) in [6, 6.07) is 5.15. The molecule has 0 saturated carbocycles. The van der Waals surface area contributed by atoms with Gasteiger partial charge in [0.2, 0.25) is 11.8 Å². The summed E-state index contributed by atoms with van der Waals surface area (Å²) in [6.45, 7) is 0.984. The summed E-state index contributed by atoms with van der Waals surface area (Å²) >= 11 is 0. The number of pyridine rings is 1. The van der Waals surface area contributed by atoms with Crippen LogP contribution in [-0.4, -0.2) is 76.4 Å². The minimum Gasteiger partial charge on any atom is -0.480 e. The second-order valence-corrected chi connectivity index (χ2v) is 10.1. The Labute approximate surface area is 215 Å². The number of benzene rings is 1. The van der Waals surface area contributed by atoms with Crippen molar-refractivity contribution in [1.82, 2.24) is 25.8 Å². The van der Waals surface area contributed by atoms with E-state index in [0.717, 1.165) is 67.2 Å². The average molecular weight is 508 g/mol. The number of carbonyl (C=O) groups is 4. The number of carboxylic acid groups (broad SMARTS) is 1. The van der Waals surface area contributed by atoms with Gasteiger partial charge in [0, 0.05) is 24.2 Å². The molecule has 0 spiro atoms. The number of fused-ring (bicyclic) bond motifs is 2. The summed E-state index contributed by atoms with van der Waals surface area (Å²) in [5.74, 6) is -2.23. The Kier molecular flexibility index (Phi) is 7.36. The molecule has 2 aromatic rings. The van der Waals surface area contributed by atoms with E-state index in [1.54, 1.807) is 4.90 Å². The van der Waals surface area contributed by atoms with E-state index in [2.05, 4.69) is 16.0 Å². The zero-order valence-corrected chi connectivity index (χ0v) is 20.8. The Bertz CT molecular complexity index is 1230. The first-order valence-electron chi connectivity index (χ1n) is 13.2. The van der Waals surface area contributed by atoms with Crippen molar-refractivity contribution in [3.63, 3.8) is 0 Å². The zero-order valence-electron chi connectivity index (χ0n) is 20.8. The number of aryl methyl sites for hydroxylation is 1. The number of para-hydroxylation sites is 1. The predicted octanol–water partition coefficient (Wildman–Crippen LogP) is 1.16. The monoisotopic (exact) mass is 507 g/mol. The lowest BCUT2D eigenvalue weighted by atomic mass is 9.89. The standard InChI is InChI=1S/C27H33N5O5/c33-24(22-12-6-14-32(22)26(35)20-11-5-13-28-20)31-21(27(36)37)15-29-25(34)23-16-7-1-3-9-18(16)30-19-10-4-2-8-17(19)23/h1,3,7,9,20-22,28H,2,4-6,8,10-15H2,(H,29,34)(H,31,33)(H,36,37)/t20-,21+,22-/m1/s1. The second-order valence-electron chi connectivity index (χ2n) is 10.1. The van der Waals surface area contributed by atoms with E-state index in [9.17, 15) is 24.3 Å². The van der Waals surface area contributed by atoms with Gasteiger partial charge in [-0.15, -0.1) is 0 Å². The lowest BCUT2D eigenvalue weighted by Crippen LogP contribution is -2.55. The molecule has 196 valence electrons. The summed E-state index contributed by atoms with van der Waals surface area (Å²) in [6.07, 6.45) is 6.36. The Morgan fingerprint density at radius 3 is 2.68 bits per heavy atom. The number of rotatable bonds is 7. The Morgan fingerprint density at radius 2 is 1.89 bits per heavy atom. The van der Waals surface area contributed by atoms with Crippen molar-refractivity contribution in [1.29, 1.82) is 0 Å². The number of amides is 3. The highest BCUT2D eigenvalue weighted by Crippen LogP contribution is 2.29. The Hall–Kier alpha value is -3.53. The van der Waals surface area contributed by atoms with Crippen LogP contribution in [0.3, 0.4) is 0 Å². The summed E-state index contributed by atoms with van der Waals surface area (Å²) < 4.78 is 0. The van der Waals surface area contributed by atoms with Gasteiger partial charge >= 0.3 is 5.97 Å². The molecule has 3 aliphatic rings. The topological polar surface area (TPSA) is 141 Å². The summed E-state index contributed by atoms with van der Waals surface area (Å²) in [5, 5.41) is 19.0. The van der Waals surface area contributed by atoms with Gasteiger partial charge in [-0.25, -0.2) is 4.79 Å². The maximum absolute atomic E-state index is 13.4. The first-order chi connectivity index (χ1) is 17.9. The van der Waals surface area contributed by atoms with E-state index in [0.29, 0.717) is 24.9 Å². The molecule has 0 bridgehead atoms. The van der Waals surface area contributed by atoms with Crippen molar-refractivity contribution in [2.45, 2.75) is 69.5 Å². The van der Waals surface area contributed by atoms with Crippen LogP contribution >= 0.6 is 0 Å². The van der Waals surface area contributed by atoms with Crippen LogP contribution in [-0.2, 0) is 27.2 Å². The summed E-state index contributed by atoms with van der Waals surface area (Å²) in [4.78, 5) is 57.6. The van der Waals surface area contributed by atoms with Gasteiger partial charge in [0.1, 0.15) is 12.1 Å². The van der Waals surface area contributed by atoms with Crippen LogP contribution in [0.2, 0.25) is 0 Å². The molecule has 10 nitrogen and oxygen atoms in total. The van der Waals surface area contributed by atoms with E-state index < -0.39 is 24.0 Å². The van der Waals surface area contributed by atoms with Crippen molar-refractivity contribution in [2.24, 2.45) is 0 Å². The molecule has 1 aromatic carbocycles. The van der Waals surface area contributed by atoms with Gasteiger partial charge in [-0.05, 0) is 69.5 Å². The molecule has 2 aliphatic heterocycles.